The fraction of sp³-hybridized carbons (Fsp3) is 0.200. The van der Waals surface area contributed by atoms with Crippen LogP contribution in [0, 0.1) is 6.92 Å². The van der Waals surface area contributed by atoms with E-state index in [0.717, 1.165) is 11.3 Å². The number of benzene rings is 1. The average molecular weight is 287 g/mol. The van der Waals surface area contributed by atoms with Crippen LogP contribution in [0.4, 0.5) is 5.82 Å². The van der Waals surface area contributed by atoms with Gasteiger partial charge < -0.3 is 20.5 Å². The summed E-state index contributed by atoms with van der Waals surface area (Å²) in [5.74, 6) is 1.79. The second kappa shape index (κ2) is 6.71. The van der Waals surface area contributed by atoms with Crippen LogP contribution in [0.5, 0.6) is 17.4 Å². The summed E-state index contributed by atoms with van der Waals surface area (Å²) >= 11 is 0. The summed E-state index contributed by atoms with van der Waals surface area (Å²) < 4.78 is 10.9. The molecule has 1 aromatic carbocycles. The summed E-state index contributed by atoms with van der Waals surface area (Å²) in [5, 5.41) is 2.57. The van der Waals surface area contributed by atoms with E-state index in [0.29, 0.717) is 17.4 Å². The first-order chi connectivity index (χ1) is 10.1. The predicted octanol–water partition coefficient (Wildman–Crippen LogP) is 2.09. The zero-order valence-corrected chi connectivity index (χ0v) is 11.9. The molecule has 1 heterocycles. The van der Waals surface area contributed by atoms with E-state index in [-0.39, 0.29) is 12.5 Å². The number of hydrogen-bond donors (Lipinski definition) is 2. The molecule has 0 atom stereocenters. The van der Waals surface area contributed by atoms with Gasteiger partial charge >= 0.3 is 0 Å². The first-order valence-electron chi connectivity index (χ1n) is 6.42. The summed E-state index contributed by atoms with van der Waals surface area (Å²) in [6, 6.07) is 10.6. The highest BCUT2D eigenvalue weighted by Crippen LogP contribution is 2.27. The molecule has 3 N–H and O–H groups in total. The molecule has 6 nitrogen and oxygen atoms in total. The maximum atomic E-state index is 11.2. The molecule has 0 saturated carbocycles. The second-order valence-corrected chi connectivity index (χ2v) is 4.35. The van der Waals surface area contributed by atoms with Gasteiger partial charge in [0.2, 0.25) is 11.8 Å². The van der Waals surface area contributed by atoms with Crippen LogP contribution >= 0.6 is 0 Å². The van der Waals surface area contributed by atoms with Crippen molar-refractivity contribution in [1.82, 2.24) is 4.98 Å². The summed E-state index contributed by atoms with van der Waals surface area (Å²) in [4.78, 5) is 15.4. The van der Waals surface area contributed by atoms with E-state index in [1.807, 2.05) is 19.1 Å². The number of anilines is 1. The third-order valence-electron chi connectivity index (χ3n) is 2.78. The minimum Gasteiger partial charge on any atom is -0.496 e. The SMILES string of the molecule is COc1cc(Oc2cccc(NC(=O)CN)n2)ccc1C. The Morgan fingerprint density at radius 2 is 2.14 bits per heavy atom. The van der Waals surface area contributed by atoms with Crippen molar-refractivity contribution in [2.45, 2.75) is 6.92 Å². The smallest absolute Gasteiger partial charge is 0.239 e. The molecule has 6 heteroatoms. The van der Waals surface area contributed by atoms with Crippen molar-refractivity contribution in [2.75, 3.05) is 19.0 Å². The highest BCUT2D eigenvalue weighted by atomic mass is 16.5. The minimum atomic E-state index is -0.309. The highest BCUT2D eigenvalue weighted by Gasteiger charge is 2.05. The summed E-state index contributed by atoms with van der Waals surface area (Å²) in [7, 11) is 1.60. The minimum absolute atomic E-state index is 0.0953. The number of amides is 1. The van der Waals surface area contributed by atoms with Gasteiger partial charge in [-0.1, -0.05) is 12.1 Å². The molecule has 2 rings (SSSR count). The Kier molecular flexibility index (Phi) is 4.73. The molecule has 1 amide bonds. The standard InChI is InChI=1S/C15H17N3O3/c1-10-6-7-11(8-12(10)20-2)21-15-5-3-4-13(18-15)17-14(19)9-16/h3-8H,9,16H2,1-2H3,(H,17,18,19). The molecule has 110 valence electrons. The number of methoxy groups -OCH3 is 1. The average Bonchev–Trinajstić information content (AvgIpc) is 2.49. The Bertz CT molecular complexity index is 644. The summed E-state index contributed by atoms with van der Waals surface area (Å²) in [6.45, 7) is 1.85. The van der Waals surface area contributed by atoms with Gasteiger partial charge in [-0.3, -0.25) is 4.79 Å². The number of aromatic nitrogens is 1. The van der Waals surface area contributed by atoms with Crippen molar-refractivity contribution >= 4 is 11.7 Å². The van der Waals surface area contributed by atoms with E-state index in [1.165, 1.54) is 0 Å². The van der Waals surface area contributed by atoms with Crippen molar-refractivity contribution in [3.05, 3.63) is 42.0 Å². The molecule has 1 aromatic heterocycles. The van der Waals surface area contributed by atoms with E-state index < -0.39 is 0 Å². The van der Waals surface area contributed by atoms with Gasteiger partial charge in [-0.05, 0) is 24.6 Å². The highest BCUT2D eigenvalue weighted by molar-refractivity contribution is 5.91. The zero-order valence-electron chi connectivity index (χ0n) is 11.9. The van der Waals surface area contributed by atoms with Crippen molar-refractivity contribution in [1.29, 1.82) is 0 Å². The summed E-state index contributed by atoms with van der Waals surface area (Å²) in [5.41, 5.74) is 6.26. The number of carbonyl (C=O) groups excluding carboxylic acids is 1. The maximum absolute atomic E-state index is 11.2. The molecule has 2 aromatic rings. The Morgan fingerprint density at radius 3 is 2.86 bits per heavy atom. The quantitative estimate of drug-likeness (QED) is 0.879. The lowest BCUT2D eigenvalue weighted by Gasteiger charge is -2.10. The van der Waals surface area contributed by atoms with E-state index in [2.05, 4.69) is 10.3 Å². The molecule has 0 spiro atoms. The first-order valence-corrected chi connectivity index (χ1v) is 6.42. The van der Waals surface area contributed by atoms with Crippen molar-refractivity contribution in [3.8, 4) is 17.4 Å². The lowest BCUT2D eigenvalue weighted by Crippen LogP contribution is -2.22. The Balaban J connectivity index is 2.16. The summed E-state index contributed by atoms with van der Waals surface area (Å²) in [6.07, 6.45) is 0. The lowest BCUT2D eigenvalue weighted by molar-refractivity contribution is -0.114. The third-order valence-corrected chi connectivity index (χ3v) is 2.78. The van der Waals surface area contributed by atoms with Gasteiger partial charge in [0.1, 0.15) is 17.3 Å². The van der Waals surface area contributed by atoms with Crippen molar-refractivity contribution in [2.24, 2.45) is 5.73 Å². The Hall–Kier alpha value is -2.60. The Labute approximate surface area is 122 Å². The fourth-order valence-electron chi connectivity index (χ4n) is 1.72. The van der Waals surface area contributed by atoms with Crippen molar-refractivity contribution in [3.63, 3.8) is 0 Å². The van der Waals surface area contributed by atoms with Gasteiger partial charge in [0.25, 0.3) is 0 Å². The van der Waals surface area contributed by atoms with Crippen LogP contribution in [0.1, 0.15) is 5.56 Å². The van der Waals surface area contributed by atoms with Crippen LogP contribution < -0.4 is 20.5 Å². The molecular formula is C15H17N3O3. The number of aryl methyl sites for hydroxylation is 1. The van der Waals surface area contributed by atoms with Crippen molar-refractivity contribution < 1.29 is 14.3 Å². The van der Waals surface area contributed by atoms with Crippen LogP contribution in [0.3, 0.4) is 0 Å². The van der Waals surface area contributed by atoms with E-state index in [9.17, 15) is 4.79 Å². The monoisotopic (exact) mass is 287 g/mol. The molecule has 0 radical (unpaired) electrons. The molecule has 0 aliphatic heterocycles. The van der Waals surface area contributed by atoms with E-state index in [4.69, 9.17) is 15.2 Å². The number of hydrogen-bond acceptors (Lipinski definition) is 5. The molecule has 0 unspecified atom stereocenters. The van der Waals surface area contributed by atoms with Crippen LogP contribution in [0.15, 0.2) is 36.4 Å². The predicted molar refractivity (Wildman–Crippen MR) is 79.7 cm³/mol. The van der Waals surface area contributed by atoms with Crippen LogP contribution in [-0.2, 0) is 4.79 Å². The number of nitrogens with two attached hydrogens (primary N) is 1. The first kappa shape index (κ1) is 14.8. The number of ether oxygens (including phenoxy) is 2. The van der Waals surface area contributed by atoms with Gasteiger partial charge in [0.15, 0.2) is 0 Å². The topological polar surface area (TPSA) is 86.5 Å². The largest absolute Gasteiger partial charge is 0.496 e. The Morgan fingerprint density at radius 1 is 1.33 bits per heavy atom. The van der Waals surface area contributed by atoms with Crippen LogP contribution in [0.25, 0.3) is 0 Å². The van der Waals surface area contributed by atoms with E-state index >= 15 is 0 Å². The molecule has 21 heavy (non-hydrogen) atoms. The van der Waals surface area contributed by atoms with Crippen LogP contribution in [0.2, 0.25) is 0 Å². The maximum Gasteiger partial charge on any atom is 0.239 e. The number of rotatable bonds is 5. The number of nitrogens with one attached hydrogen (secondary N) is 1. The normalized spacial score (nSPS) is 10.0. The van der Waals surface area contributed by atoms with Gasteiger partial charge in [-0.2, -0.15) is 4.98 Å². The molecular weight excluding hydrogens is 270 g/mol. The van der Waals surface area contributed by atoms with Gasteiger partial charge in [-0.15, -0.1) is 0 Å². The molecule has 0 aliphatic rings. The number of pyridine rings is 1. The molecule has 0 fully saturated rings. The number of nitrogens with zero attached hydrogens (tertiary/aromatic N) is 1. The van der Waals surface area contributed by atoms with Crippen LogP contribution in [-0.4, -0.2) is 24.5 Å². The van der Waals surface area contributed by atoms with Gasteiger partial charge in [-0.25, -0.2) is 0 Å². The lowest BCUT2D eigenvalue weighted by atomic mass is 10.2. The third kappa shape index (κ3) is 3.93. The molecule has 0 bridgehead atoms. The number of carbonyl (C=O) groups is 1. The van der Waals surface area contributed by atoms with E-state index in [1.54, 1.807) is 31.4 Å². The van der Waals surface area contributed by atoms with Gasteiger partial charge in [0.05, 0.1) is 13.7 Å². The molecule has 0 aliphatic carbocycles. The zero-order chi connectivity index (χ0) is 15.2. The fourth-order valence-corrected chi connectivity index (χ4v) is 1.72. The van der Waals surface area contributed by atoms with Gasteiger partial charge in [0, 0.05) is 12.1 Å². The second-order valence-electron chi connectivity index (χ2n) is 4.35. The molecule has 0 saturated heterocycles.